The highest BCUT2D eigenvalue weighted by atomic mass is 16.5. The van der Waals surface area contributed by atoms with Gasteiger partial charge in [0.15, 0.2) is 0 Å². The van der Waals surface area contributed by atoms with Gasteiger partial charge in [-0.3, -0.25) is 0 Å². The van der Waals surface area contributed by atoms with E-state index >= 15 is 0 Å². The first kappa shape index (κ1) is 16.6. The van der Waals surface area contributed by atoms with Gasteiger partial charge < -0.3 is 30.9 Å². The summed E-state index contributed by atoms with van der Waals surface area (Å²) in [5, 5.41) is 18.4. The summed E-state index contributed by atoms with van der Waals surface area (Å²) in [5.41, 5.74) is 12.6. The van der Waals surface area contributed by atoms with Crippen LogP contribution < -0.4 is 16.2 Å². The quantitative estimate of drug-likeness (QED) is 0.379. The smallest absolute Gasteiger partial charge is 0.142 e. The van der Waals surface area contributed by atoms with Crippen LogP contribution >= 0.6 is 0 Å². The monoisotopic (exact) mass is 284 g/mol. The second kappa shape index (κ2) is 7.94. The lowest BCUT2D eigenvalue weighted by Crippen LogP contribution is -2.53. The van der Waals surface area contributed by atoms with E-state index in [9.17, 15) is 10.2 Å². The lowest BCUT2D eigenvalue weighted by molar-refractivity contribution is -0.927. The van der Waals surface area contributed by atoms with E-state index in [1.807, 2.05) is 6.92 Å². The third-order valence-electron chi connectivity index (χ3n) is 3.68. The maximum absolute atomic E-state index is 9.18. The van der Waals surface area contributed by atoms with Crippen LogP contribution in [0.3, 0.4) is 0 Å². The van der Waals surface area contributed by atoms with Gasteiger partial charge in [-0.15, -0.1) is 0 Å². The van der Waals surface area contributed by atoms with Gasteiger partial charge in [0.25, 0.3) is 0 Å². The molecule has 0 fully saturated rings. The van der Waals surface area contributed by atoms with Crippen molar-refractivity contribution in [3.8, 4) is 5.75 Å². The van der Waals surface area contributed by atoms with Gasteiger partial charge in [-0.25, -0.2) is 0 Å². The van der Waals surface area contributed by atoms with Crippen molar-refractivity contribution in [1.29, 1.82) is 0 Å². The Hall–Kier alpha value is -1.50. The summed E-state index contributed by atoms with van der Waals surface area (Å²) in [6.07, 6.45) is 0. The predicted molar refractivity (Wildman–Crippen MR) is 80.3 cm³/mol. The van der Waals surface area contributed by atoms with E-state index < -0.39 is 0 Å². The molecule has 0 aliphatic rings. The molecule has 6 heteroatoms. The number of aliphatic hydroxyl groups excluding tert-OH is 2. The van der Waals surface area contributed by atoms with Crippen molar-refractivity contribution < 1.29 is 19.4 Å². The molecule has 0 bridgehead atoms. The number of aliphatic hydroxyl groups is 2. The standard InChI is InChI=1S/C14H26N3O3/c1-2-17(5-8-18,6-9-19)7-10-20-14-4-3-12(15)11-13(14)16/h3-4,11,18-19H,2,5-10,15-16H2,1H3/q+1. The summed E-state index contributed by atoms with van der Waals surface area (Å²) in [4.78, 5) is 0. The summed E-state index contributed by atoms with van der Waals surface area (Å²) in [6, 6.07) is 5.16. The van der Waals surface area contributed by atoms with E-state index in [1.165, 1.54) is 0 Å². The Morgan fingerprint density at radius 3 is 2.25 bits per heavy atom. The summed E-state index contributed by atoms with van der Waals surface area (Å²) in [7, 11) is 0. The Labute approximate surface area is 120 Å². The first-order valence-electron chi connectivity index (χ1n) is 6.91. The molecule has 1 aromatic carbocycles. The van der Waals surface area contributed by atoms with Gasteiger partial charge in [-0.2, -0.15) is 0 Å². The average Bonchev–Trinajstić information content (AvgIpc) is 2.41. The fraction of sp³-hybridized carbons (Fsp3) is 0.571. The molecule has 0 radical (unpaired) electrons. The van der Waals surface area contributed by atoms with Crippen LogP contribution in [-0.4, -0.2) is 60.7 Å². The fourth-order valence-electron chi connectivity index (χ4n) is 2.28. The minimum atomic E-state index is 0.0951. The number of anilines is 2. The van der Waals surface area contributed by atoms with Crippen LogP contribution in [0, 0.1) is 0 Å². The fourth-order valence-corrected chi connectivity index (χ4v) is 2.28. The van der Waals surface area contributed by atoms with E-state index in [2.05, 4.69) is 0 Å². The highest BCUT2D eigenvalue weighted by Crippen LogP contribution is 2.23. The van der Waals surface area contributed by atoms with Crippen molar-refractivity contribution in [2.24, 2.45) is 0 Å². The molecule has 114 valence electrons. The van der Waals surface area contributed by atoms with Crippen LogP contribution in [0.15, 0.2) is 18.2 Å². The molecule has 0 unspecified atom stereocenters. The van der Waals surface area contributed by atoms with E-state index in [0.717, 1.165) is 6.54 Å². The number of nitrogens with two attached hydrogens (primary N) is 2. The van der Waals surface area contributed by atoms with Gasteiger partial charge in [0.1, 0.15) is 32.0 Å². The Morgan fingerprint density at radius 2 is 1.75 bits per heavy atom. The zero-order chi connectivity index (χ0) is 15.0. The minimum Gasteiger partial charge on any atom is -0.486 e. The molecule has 0 aromatic heterocycles. The van der Waals surface area contributed by atoms with Crippen LogP contribution in [0.5, 0.6) is 5.75 Å². The SMILES string of the molecule is CC[N+](CCO)(CCO)CCOc1ccc(N)cc1N. The Morgan fingerprint density at radius 1 is 1.10 bits per heavy atom. The minimum absolute atomic E-state index is 0.0951. The van der Waals surface area contributed by atoms with Crippen molar-refractivity contribution in [2.75, 3.05) is 57.5 Å². The molecule has 1 rings (SSSR count). The average molecular weight is 284 g/mol. The van der Waals surface area contributed by atoms with Gasteiger partial charge in [-0.05, 0) is 25.1 Å². The molecule has 0 aliphatic heterocycles. The molecule has 0 aliphatic carbocycles. The first-order chi connectivity index (χ1) is 9.56. The van der Waals surface area contributed by atoms with Crippen molar-refractivity contribution in [3.63, 3.8) is 0 Å². The van der Waals surface area contributed by atoms with Crippen molar-refractivity contribution >= 4 is 11.4 Å². The molecule has 0 spiro atoms. The lowest BCUT2D eigenvalue weighted by atomic mass is 10.2. The molecule has 1 aromatic rings. The Kier molecular flexibility index (Phi) is 6.57. The third-order valence-corrected chi connectivity index (χ3v) is 3.68. The van der Waals surface area contributed by atoms with Crippen molar-refractivity contribution in [1.82, 2.24) is 0 Å². The van der Waals surface area contributed by atoms with E-state index in [1.54, 1.807) is 18.2 Å². The number of nitrogen functional groups attached to an aromatic ring is 2. The van der Waals surface area contributed by atoms with Crippen LogP contribution in [0.1, 0.15) is 6.92 Å². The normalized spacial score (nSPS) is 11.6. The van der Waals surface area contributed by atoms with Crippen LogP contribution in [0.2, 0.25) is 0 Å². The molecule has 6 N–H and O–H groups in total. The van der Waals surface area contributed by atoms with Gasteiger partial charge in [-0.1, -0.05) is 0 Å². The molecular formula is C14H26N3O3+. The van der Waals surface area contributed by atoms with Gasteiger partial charge in [0.2, 0.25) is 0 Å². The second-order valence-corrected chi connectivity index (χ2v) is 4.92. The number of hydrogen-bond acceptors (Lipinski definition) is 5. The van der Waals surface area contributed by atoms with Crippen molar-refractivity contribution in [3.05, 3.63) is 18.2 Å². The molecule has 0 amide bonds. The van der Waals surface area contributed by atoms with Crippen LogP contribution in [0.25, 0.3) is 0 Å². The Bertz CT molecular complexity index is 407. The zero-order valence-electron chi connectivity index (χ0n) is 12.1. The number of nitrogens with zero attached hydrogens (tertiary/aromatic N) is 1. The van der Waals surface area contributed by atoms with E-state index in [0.29, 0.717) is 47.8 Å². The van der Waals surface area contributed by atoms with Gasteiger partial charge in [0, 0.05) is 5.69 Å². The Balaban J connectivity index is 2.59. The number of benzene rings is 1. The third kappa shape index (κ3) is 4.56. The zero-order valence-corrected chi connectivity index (χ0v) is 12.1. The number of ether oxygens (including phenoxy) is 1. The molecular weight excluding hydrogens is 258 g/mol. The molecule has 0 heterocycles. The largest absolute Gasteiger partial charge is 0.486 e. The van der Waals surface area contributed by atoms with E-state index in [4.69, 9.17) is 16.2 Å². The maximum Gasteiger partial charge on any atom is 0.142 e. The van der Waals surface area contributed by atoms with Crippen LogP contribution in [-0.2, 0) is 0 Å². The second-order valence-electron chi connectivity index (χ2n) is 4.92. The van der Waals surface area contributed by atoms with Crippen LogP contribution in [0.4, 0.5) is 11.4 Å². The summed E-state index contributed by atoms with van der Waals surface area (Å²) >= 11 is 0. The van der Waals surface area contributed by atoms with Crippen molar-refractivity contribution in [2.45, 2.75) is 6.92 Å². The maximum atomic E-state index is 9.18. The highest BCUT2D eigenvalue weighted by Gasteiger charge is 2.24. The topological polar surface area (TPSA) is 102 Å². The predicted octanol–water partition coefficient (Wildman–Crippen LogP) is 0.0511. The number of hydrogen-bond donors (Lipinski definition) is 4. The van der Waals surface area contributed by atoms with Gasteiger partial charge >= 0.3 is 0 Å². The number of rotatable bonds is 9. The number of likely N-dealkylation sites (N-methyl/N-ethyl adjacent to an activating group) is 1. The summed E-state index contributed by atoms with van der Waals surface area (Å²) in [5.74, 6) is 0.612. The summed E-state index contributed by atoms with van der Waals surface area (Å²) < 4.78 is 6.31. The number of quaternary nitrogens is 1. The first-order valence-corrected chi connectivity index (χ1v) is 6.91. The summed E-state index contributed by atoms with van der Waals surface area (Å²) in [6.45, 7) is 5.47. The van der Waals surface area contributed by atoms with E-state index in [-0.39, 0.29) is 13.2 Å². The highest BCUT2D eigenvalue weighted by molar-refractivity contribution is 5.60. The molecule has 0 saturated heterocycles. The lowest BCUT2D eigenvalue weighted by Gasteiger charge is -2.36. The molecule has 6 nitrogen and oxygen atoms in total. The molecule has 0 atom stereocenters. The van der Waals surface area contributed by atoms with Gasteiger partial charge in [0.05, 0.1) is 25.4 Å². The molecule has 20 heavy (non-hydrogen) atoms. The molecule has 0 saturated carbocycles.